The van der Waals surface area contributed by atoms with E-state index < -0.39 is 11.9 Å². The molecule has 0 aliphatic rings. The highest BCUT2D eigenvalue weighted by molar-refractivity contribution is 5.96. The third-order valence-corrected chi connectivity index (χ3v) is 4.47. The SMILES string of the molecule is COc1cc(C(=O)N/N=C/c2cccc(-c3cccc(C(=O)O)c3)n2)cc(OC)c1OC. The predicted molar refractivity (Wildman–Crippen MR) is 118 cm³/mol. The molecule has 0 aliphatic heterocycles. The van der Waals surface area contributed by atoms with Crippen molar-refractivity contribution in [3.63, 3.8) is 0 Å². The van der Waals surface area contributed by atoms with Crippen LogP contribution < -0.4 is 19.6 Å². The lowest BCUT2D eigenvalue weighted by atomic mass is 10.1. The molecule has 0 saturated carbocycles. The quantitative estimate of drug-likeness (QED) is 0.412. The third kappa shape index (κ3) is 5.01. The van der Waals surface area contributed by atoms with Gasteiger partial charge in [-0.25, -0.2) is 15.2 Å². The Labute approximate surface area is 184 Å². The number of ether oxygens (including phenoxy) is 3. The van der Waals surface area contributed by atoms with Crippen LogP contribution in [0.1, 0.15) is 26.4 Å². The first-order chi connectivity index (χ1) is 15.5. The van der Waals surface area contributed by atoms with Crippen molar-refractivity contribution in [3.05, 3.63) is 71.4 Å². The number of aromatic nitrogens is 1. The van der Waals surface area contributed by atoms with E-state index in [-0.39, 0.29) is 11.1 Å². The number of carboxylic acids is 1. The molecule has 164 valence electrons. The summed E-state index contributed by atoms with van der Waals surface area (Å²) in [6, 6.07) is 14.7. The molecule has 32 heavy (non-hydrogen) atoms. The highest BCUT2D eigenvalue weighted by Crippen LogP contribution is 2.38. The van der Waals surface area contributed by atoms with E-state index in [1.807, 2.05) is 0 Å². The summed E-state index contributed by atoms with van der Waals surface area (Å²) in [4.78, 5) is 28.1. The van der Waals surface area contributed by atoms with Crippen molar-refractivity contribution in [1.29, 1.82) is 0 Å². The van der Waals surface area contributed by atoms with Crippen molar-refractivity contribution < 1.29 is 28.9 Å². The molecule has 3 rings (SSSR count). The molecular weight excluding hydrogens is 414 g/mol. The minimum Gasteiger partial charge on any atom is -0.493 e. The van der Waals surface area contributed by atoms with Crippen LogP contribution in [0.2, 0.25) is 0 Å². The van der Waals surface area contributed by atoms with Crippen LogP contribution in [-0.2, 0) is 0 Å². The number of hydrazone groups is 1. The van der Waals surface area contributed by atoms with Gasteiger partial charge in [0.15, 0.2) is 11.5 Å². The number of nitrogens with one attached hydrogen (secondary N) is 1. The summed E-state index contributed by atoms with van der Waals surface area (Å²) in [6.45, 7) is 0. The number of amides is 1. The molecule has 2 aromatic carbocycles. The largest absolute Gasteiger partial charge is 0.493 e. The Morgan fingerprint density at radius 1 is 0.938 bits per heavy atom. The normalized spacial score (nSPS) is 10.6. The van der Waals surface area contributed by atoms with Gasteiger partial charge in [0.05, 0.1) is 44.5 Å². The van der Waals surface area contributed by atoms with Crippen LogP contribution in [-0.4, -0.2) is 49.5 Å². The predicted octanol–water partition coefficient (Wildman–Crippen LogP) is 3.24. The average molecular weight is 435 g/mol. The number of carbonyl (C=O) groups is 2. The molecule has 0 spiro atoms. The first-order valence-electron chi connectivity index (χ1n) is 9.41. The summed E-state index contributed by atoms with van der Waals surface area (Å²) in [6.07, 6.45) is 1.39. The van der Waals surface area contributed by atoms with Gasteiger partial charge in [0.25, 0.3) is 5.91 Å². The summed E-state index contributed by atoms with van der Waals surface area (Å²) in [7, 11) is 4.40. The molecule has 0 fully saturated rings. The van der Waals surface area contributed by atoms with E-state index in [0.717, 1.165) is 0 Å². The number of hydrogen-bond donors (Lipinski definition) is 2. The van der Waals surface area contributed by atoms with Gasteiger partial charge < -0.3 is 19.3 Å². The average Bonchev–Trinajstić information content (AvgIpc) is 2.83. The van der Waals surface area contributed by atoms with Crippen molar-refractivity contribution >= 4 is 18.1 Å². The molecular formula is C23H21N3O6. The van der Waals surface area contributed by atoms with Gasteiger partial charge >= 0.3 is 5.97 Å². The highest BCUT2D eigenvalue weighted by atomic mass is 16.5. The number of rotatable bonds is 8. The van der Waals surface area contributed by atoms with E-state index in [0.29, 0.717) is 34.2 Å². The van der Waals surface area contributed by atoms with Crippen LogP contribution in [0.25, 0.3) is 11.3 Å². The Morgan fingerprint density at radius 2 is 1.62 bits per heavy atom. The summed E-state index contributed by atoms with van der Waals surface area (Å²) in [5, 5.41) is 13.1. The molecule has 1 heterocycles. The molecule has 9 nitrogen and oxygen atoms in total. The molecule has 2 N–H and O–H groups in total. The zero-order chi connectivity index (χ0) is 23.1. The zero-order valence-corrected chi connectivity index (χ0v) is 17.7. The second-order valence-corrected chi connectivity index (χ2v) is 6.45. The number of hydrogen-bond acceptors (Lipinski definition) is 7. The highest BCUT2D eigenvalue weighted by Gasteiger charge is 2.16. The summed E-state index contributed by atoms with van der Waals surface area (Å²) in [5.74, 6) is -0.425. The summed E-state index contributed by atoms with van der Waals surface area (Å²) in [5.41, 5.74) is 4.58. The fourth-order valence-electron chi connectivity index (χ4n) is 2.93. The Morgan fingerprint density at radius 3 is 2.25 bits per heavy atom. The Hall–Kier alpha value is -4.40. The van der Waals surface area contributed by atoms with Crippen molar-refractivity contribution in [2.45, 2.75) is 0 Å². The maximum atomic E-state index is 12.5. The lowest BCUT2D eigenvalue weighted by Crippen LogP contribution is -2.18. The molecule has 0 atom stereocenters. The molecule has 9 heteroatoms. The number of carbonyl (C=O) groups excluding carboxylic acids is 1. The van der Waals surface area contributed by atoms with E-state index in [4.69, 9.17) is 19.3 Å². The fourth-order valence-corrected chi connectivity index (χ4v) is 2.93. The van der Waals surface area contributed by atoms with Crippen molar-refractivity contribution in [2.24, 2.45) is 5.10 Å². The summed E-state index contributed by atoms with van der Waals surface area (Å²) >= 11 is 0. The van der Waals surface area contributed by atoms with Crippen LogP contribution >= 0.6 is 0 Å². The van der Waals surface area contributed by atoms with Crippen molar-refractivity contribution in [1.82, 2.24) is 10.4 Å². The first-order valence-corrected chi connectivity index (χ1v) is 9.41. The first kappa shape index (κ1) is 22.3. The van der Waals surface area contributed by atoms with Gasteiger partial charge in [-0.05, 0) is 36.4 Å². The van der Waals surface area contributed by atoms with Gasteiger partial charge in [-0.2, -0.15) is 5.10 Å². The molecule has 0 radical (unpaired) electrons. The smallest absolute Gasteiger partial charge is 0.335 e. The second-order valence-electron chi connectivity index (χ2n) is 6.45. The van der Waals surface area contributed by atoms with Gasteiger partial charge in [0.1, 0.15) is 0 Å². The monoisotopic (exact) mass is 435 g/mol. The van der Waals surface area contributed by atoms with Crippen molar-refractivity contribution in [2.75, 3.05) is 21.3 Å². The lowest BCUT2D eigenvalue weighted by molar-refractivity contribution is 0.0696. The minimum atomic E-state index is -1.01. The van der Waals surface area contributed by atoms with E-state index in [2.05, 4.69) is 15.5 Å². The fraction of sp³-hybridized carbons (Fsp3) is 0.130. The third-order valence-electron chi connectivity index (χ3n) is 4.47. The Balaban J connectivity index is 1.77. The van der Waals surface area contributed by atoms with Gasteiger partial charge in [-0.1, -0.05) is 18.2 Å². The number of benzene rings is 2. The van der Waals surface area contributed by atoms with Crippen LogP contribution in [0, 0.1) is 0 Å². The standard InChI is InChI=1S/C23H21N3O6/c1-30-19-11-16(12-20(31-2)21(19)32-3)22(27)26-24-13-17-8-5-9-18(25-17)14-6-4-7-15(10-14)23(28)29/h4-13H,1-3H3,(H,26,27)(H,28,29)/b24-13+. The van der Waals surface area contributed by atoms with E-state index in [1.165, 1.54) is 51.8 Å². The van der Waals surface area contributed by atoms with Gasteiger partial charge in [0.2, 0.25) is 5.75 Å². The number of pyridine rings is 1. The van der Waals surface area contributed by atoms with Gasteiger partial charge in [0, 0.05) is 11.1 Å². The zero-order valence-electron chi connectivity index (χ0n) is 17.7. The van der Waals surface area contributed by atoms with Gasteiger partial charge in [-0.3, -0.25) is 4.79 Å². The maximum Gasteiger partial charge on any atom is 0.335 e. The number of methoxy groups -OCH3 is 3. The molecule has 0 aliphatic carbocycles. The molecule has 1 aromatic heterocycles. The van der Waals surface area contributed by atoms with E-state index in [9.17, 15) is 9.59 Å². The van der Waals surface area contributed by atoms with Crippen LogP contribution in [0.5, 0.6) is 17.2 Å². The number of aromatic carboxylic acids is 1. The van der Waals surface area contributed by atoms with Gasteiger partial charge in [-0.15, -0.1) is 0 Å². The topological polar surface area (TPSA) is 119 Å². The molecule has 3 aromatic rings. The molecule has 0 saturated heterocycles. The molecule has 1 amide bonds. The second kappa shape index (κ2) is 10.1. The lowest BCUT2D eigenvalue weighted by Gasteiger charge is -2.13. The van der Waals surface area contributed by atoms with E-state index in [1.54, 1.807) is 30.3 Å². The van der Waals surface area contributed by atoms with E-state index >= 15 is 0 Å². The van der Waals surface area contributed by atoms with Crippen molar-refractivity contribution in [3.8, 4) is 28.5 Å². The molecule has 0 unspecified atom stereocenters. The van der Waals surface area contributed by atoms with Crippen LogP contribution in [0.3, 0.4) is 0 Å². The Bertz CT molecular complexity index is 1150. The molecule has 0 bridgehead atoms. The van der Waals surface area contributed by atoms with Crippen LogP contribution in [0.15, 0.2) is 59.7 Å². The minimum absolute atomic E-state index is 0.168. The van der Waals surface area contributed by atoms with Crippen LogP contribution in [0.4, 0.5) is 0 Å². The maximum absolute atomic E-state index is 12.5. The number of carboxylic acid groups (broad SMARTS) is 1. The Kier molecular flexibility index (Phi) is 7.02. The number of nitrogens with zero attached hydrogens (tertiary/aromatic N) is 2. The summed E-state index contributed by atoms with van der Waals surface area (Å²) < 4.78 is 15.8.